The average Bonchev–Trinajstić information content (AvgIpc) is 2.34. The molecule has 1 aromatic carbocycles. The molecule has 0 saturated carbocycles. The van der Waals surface area contributed by atoms with Gasteiger partial charge < -0.3 is 5.73 Å². The molecule has 92 valence electrons. The first-order valence-electron chi connectivity index (χ1n) is 5.18. The van der Waals surface area contributed by atoms with E-state index in [0.29, 0.717) is 5.56 Å². The van der Waals surface area contributed by atoms with Crippen LogP contribution in [0.1, 0.15) is 11.1 Å². The Morgan fingerprint density at radius 1 is 1.44 bits per heavy atom. The first kappa shape index (κ1) is 12.4. The summed E-state index contributed by atoms with van der Waals surface area (Å²) in [4.78, 5) is 11.5. The lowest BCUT2D eigenvalue weighted by atomic mass is 10.1. The minimum Gasteiger partial charge on any atom is -0.389 e. The number of nitrogens with zero attached hydrogens (tertiary/aromatic N) is 2. The quantitative estimate of drug-likeness (QED) is 0.841. The molecule has 0 bridgehead atoms. The predicted octanol–water partition coefficient (Wildman–Crippen LogP) is 1.06. The Kier molecular flexibility index (Phi) is 3.47. The van der Waals surface area contributed by atoms with Crippen molar-refractivity contribution >= 4 is 17.2 Å². The molecule has 0 atom stereocenters. The van der Waals surface area contributed by atoms with Gasteiger partial charge in [-0.2, -0.15) is 5.10 Å². The molecule has 0 fully saturated rings. The van der Waals surface area contributed by atoms with Crippen LogP contribution in [0.5, 0.6) is 0 Å². The van der Waals surface area contributed by atoms with Crippen molar-refractivity contribution in [3.05, 3.63) is 63.8 Å². The molecule has 0 aliphatic carbocycles. The van der Waals surface area contributed by atoms with Crippen LogP contribution in [0, 0.1) is 5.82 Å². The van der Waals surface area contributed by atoms with Gasteiger partial charge in [-0.05, 0) is 23.8 Å². The second-order valence-electron chi connectivity index (χ2n) is 3.70. The van der Waals surface area contributed by atoms with Crippen molar-refractivity contribution in [3.63, 3.8) is 0 Å². The third kappa shape index (κ3) is 2.60. The van der Waals surface area contributed by atoms with Gasteiger partial charge in [0.2, 0.25) is 0 Å². The molecule has 0 amide bonds. The Hall–Kier alpha value is -2.08. The molecule has 1 aromatic heterocycles. The van der Waals surface area contributed by atoms with E-state index in [2.05, 4.69) is 5.10 Å². The topological polar surface area (TPSA) is 60.9 Å². The number of thiocarbonyl (C=S) groups is 1. The Bertz CT molecular complexity index is 654. The largest absolute Gasteiger partial charge is 0.389 e. The Morgan fingerprint density at radius 2 is 2.22 bits per heavy atom. The van der Waals surface area contributed by atoms with Crippen molar-refractivity contribution in [2.45, 2.75) is 6.54 Å². The zero-order chi connectivity index (χ0) is 13.1. The smallest absolute Gasteiger partial charge is 0.267 e. The van der Waals surface area contributed by atoms with E-state index in [1.165, 1.54) is 29.1 Å². The molecule has 2 aromatic rings. The summed E-state index contributed by atoms with van der Waals surface area (Å²) < 4.78 is 14.7. The zero-order valence-electron chi connectivity index (χ0n) is 9.34. The first-order valence-corrected chi connectivity index (χ1v) is 5.59. The van der Waals surface area contributed by atoms with Gasteiger partial charge in [0.05, 0.1) is 6.54 Å². The first-order chi connectivity index (χ1) is 8.58. The average molecular weight is 263 g/mol. The highest BCUT2D eigenvalue weighted by Gasteiger charge is 2.07. The number of rotatable bonds is 3. The highest BCUT2D eigenvalue weighted by molar-refractivity contribution is 7.80. The molecular formula is C12H10FN3OS. The molecule has 0 aliphatic rings. The van der Waals surface area contributed by atoms with E-state index < -0.39 is 5.82 Å². The van der Waals surface area contributed by atoms with E-state index in [0.717, 1.165) is 0 Å². The molecule has 0 radical (unpaired) electrons. The number of benzene rings is 1. The maximum atomic E-state index is 13.4. The molecule has 0 aliphatic heterocycles. The van der Waals surface area contributed by atoms with Crippen molar-refractivity contribution in [1.29, 1.82) is 0 Å². The Balaban J connectivity index is 2.36. The van der Waals surface area contributed by atoms with E-state index in [-0.39, 0.29) is 22.7 Å². The van der Waals surface area contributed by atoms with E-state index in [4.69, 9.17) is 18.0 Å². The summed E-state index contributed by atoms with van der Waals surface area (Å²) in [7, 11) is 0. The summed E-state index contributed by atoms with van der Waals surface area (Å²) in [6, 6.07) is 7.34. The summed E-state index contributed by atoms with van der Waals surface area (Å²) in [5.41, 5.74) is 6.07. The van der Waals surface area contributed by atoms with Crippen molar-refractivity contribution in [2.24, 2.45) is 5.73 Å². The second-order valence-corrected chi connectivity index (χ2v) is 4.14. The van der Waals surface area contributed by atoms with Crippen LogP contribution in [0.2, 0.25) is 0 Å². The molecule has 2 rings (SSSR count). The maximum Gasteiger partial charge on any atom is 0.267 e. The number of hydrogen-bond donors (Lipinski definition) is 1. The maximum absolute atomic E-state index is 13.4. The van der Waals surface area contributed by atoms with Gasteiger partial charge in [0.25, 0.3) is 5.56 Å². The summed E-state index contributed by atoms with van der Waals surface area (Å²) in [5.74, 6) is -0.473. The Labute approximate surface area is 108 Å². The van der Waals surface area contributed by atoms with Crippen LogP contribution in [-0.2, 0) is 6.54 Å². The molecule has 6 heteroatoms. The lowest BCUT2D eigenvalue weighted by Gasteiger charge is -2.06. The van der Waals surface area contributed by atoms with Crippen molar-refractivity contribution in [3.8, 4) is 0 Å². The predicted molar refractivity (Wildman–Crippen MR) is 69.9 cm³/mol. The minimum atomic E-state index is -0.473. The zero-order valence-corrected chi connectivity index (χ0v) is 10.2. The van der Waals surface area contributed by atoms with Crippen molar-refractivity contribution in [1.82, 2.24) is 9.78 Å². The third-order valence-corrected chi connectivity index (χ3v) is 2.63. The normalized spacial score (nSPS) is 10.3. The third-order valence-electron chi connectivity index (χ3n) is 2.41. The second kappa shape index (κ2) is 5.05. The van der Waals surface area contributed by atoms with E-state index in [1.807, 2.05) is 0 Å². The standard InChI is InChI=1S/C12H10FN3OS/c13-10-4-3-8(6-9(10)12(14)18)7-16-11(17)2-1-5-15-16/h1-6H,7H2,(H2,14,18). The monoisotopic (exact) mass is 263 g/mol. The Morgan fingerprint density at radius 3 is 2.89 bits per heavy atom. The number of aromatic nitrogens is 2. The fourth-order valence-corrected chi connectivity index (χ4v) is 1.69. The molecule has 18 heavy (non-hydrogen) atoms. The van der Waals surface area contributed by atoms with Crippen LogP contribution in [0.4, 0.5) is 4.39 Å². The van der Waals surface area contributed by atoms with Crippen LogP contribution < -0.4 is 11.3 Å². The van der Waals surface area contributed by atoms with Gasteiger partial charge in [-0.15, -0.1) is 0 Å². The van der Waals surface area contributed by atoms with Crippen LogP contribution in [0.25, 0.3) is 0 Å². The van der Waals surface area contributed by atoms with Gasteiger partial charge in [-0.3, -0.25) is 4.79 Å². The molecule has 0 spiro atoms. The lowest BCUT2D eigenvalue weighted by molar-refractivity contribution is 0.617. The van der Waals surface area contributed by atoms with E-state index in [1.54, 1.807) is 12.1 Å². The van der Waals surface area contributed by atoms with Crippen LogP contribution in [-0.4, -0.2) is 14.8 Å². The fraction of sp³-hybridized carbons (Fsp3) is 0.0833. The SMILES string of the molecule is NC(=S)c1cc(Cn2ncccc2=O)ccc1F. The molecule has 4 nitrogen and oxygen atoms in total. The summed E-state index contributed by atoms with van der Waals surface area (Å²) >= 11 is 4.75. The van der Waals surface area contributed by atoms with Crippen LogP contribution >= 0.6 is 12.2 Å². The highest BCUT2D eigenvalue weighted by Crippen LogP contribution is 2.11. The number of halogens is 1. The van der Waals surface area contributed by atoms with Gasteiger partial charge in [0.15, 0.2) is 0 Å². The minimum absolute atomic E-state index is 0.0114. The summed E-state index contributed by atoms with van der Waals surface area (Å²) in [5, 5.41) is 3.92. The summed E-state index contributed by atoms with van der Waals surface area (Å²) in [6.45, 7) is 0.246. The fourth-order valence-electron chi connectivity index (χ4n) is 1.54. The molecule has 0 saturated heterocycles. The van der Waals surface area contributed by atoms with Crippen molar-refractivity contribution in [2.75, 3.05) is 0 Å². The summed E-state index contributed by atoms with van der Waals surface area (Å²) in [6.07, 6.45) is 1.51. The van der Waals surface area contributed by atoms with Crippen molar-refractivity contribution < 1.29 is 4.39 Å². The lowest BCUT2D eigenvalue weighted by Crippen LogP contribution is -2.22. The van der Waals surface area contributed by atoms with Gasteiger partial charge in [-0.1, -0.05) is 18.3 Å². The molecule has 0 unspecified atom stereocenters. The van der Waals surface area contributed by atoms with E-state index in [9.17, 15) is 9.18 Å². The highest BCUT2D eigenvalue weighted by atomic mass is 32.1. The van der Waals surface area contributed by atoms with Gasteiger partial charge in [-0.25, -0.2) is 9.07 Å². The van der Waals surface area contributed by atoms with E-state index >= 15 is 0 Å². The number of hydrogen-bond acceptors (Lipinski definition) is 3. The van der Waals surface area contributed by atoms with Gasteiger partial charge >= 0.3 is 0 Å². The van der Waals surface area contributed by atoms with Crippen LogP contribution in [0.3, 0.4) is 0 Å². The molecule has 1 heterocycles. The van der Waals surface area contributed by atoms with Gasteiger partial charge in [0, 0.05) is 17.8 Å². The number of nitrogens with two attached hydrogens (primary N) is 1. The van der Waals surface area contributed by atoms with Gasteiger partial charge in [0.1, 0.15) is 10.8 Å². The van der Waals surface area contributed by atoms with Crippen LogP contribution in [0.15, 0.2) is 41.3 Å². The molecular weight excluding hydrogens is 253 g/mol. The molecule has 2 N–H and O–H groups in total.